The molecule has 0 saturated heterocycles. The molecule has 0 amide bonds. The molecule has 0 aromatic carbocycles. The predicted octanol–water partition coefficient (Wildman–Crippen LogP) is 3.08. The number of hydrogen-bond acceptors (Lipinski definition) is 7. The quantitative estimate of drug-likeness (QED) is 0.681. The van der Waals surface area contributed by atoms with Crippen molar-refractivity contribution in [3.05, 3.63) is 27.4 Å². The van der Waals surface area contributed by atoms with Crippen LogP contribution in [0.4, 0.5) is 0 Å². The van der Waals surface area contributed by atoms with Gasteiger partial charge in [-0.05, 0) is 11.4 Å². The van der Waals surface area contributed by atoms with E-state index in [2.05, 4.69) is 4.98 Å². The van der Waals surface area contributed by atoms with Crippen molar-refractivity contribution in [3.8, 4) is 0 Å². The van der Waals surface area contributed by atoms with Gasteiger partial charge in [-0.2, -0.15) is 0 Å². The van der Waals surface area contributed by atoms with Gasteiger partial charge in [0.25, 0.3) is 0 Å². The number of carbonyl (C=O) groups is 2. The number of pyridine rings is 1. The Morgan fingerprint density at radius 3 is 2.55 bits per heavy atom. The van der Waals surface area contributed by atoms with Crippen molar-refractivity contribution in [2.45, 2.75) is 0 Å². The van der Waals surface area contributed by atoms with Gasteiger partial charge >= 0.3 is 11.9 Å². The van der Waals surface area contributed by atoms with E-state index in [9.17, 15) is 9.59 Å². The molecule has 0 fully saturated rings. The van der Waals surface area contributed by atoms with E-state index in [-0.39, 0.29) is 0 Å². The second kappa shape index (κ2) is 4.84. The second-order valence-corrected chi connectivity index (χ2v) is 5.89. The minimum absolute atomic E-state index is 0.316. The third-order valence-corrected chi connectivity index (χ3v) is 4.89. The fourth-order valence-corrected chi connectivity index (χ4v) is 3.87. The molecule has 0 aliphatic heterocycles. The Morgan fingerprint density at radius 1 is 1.15 bits per heavy atom. The number of methoxy groups -OCH3 is 2. The summed E-state index contributed by atoms with van der Waals surface area (Å²) in [6, 6.07) is 1.91. The first-order valence-electron chi connectivity index (χ1n) is 5.62. The van der Waals surface area contributed by atoms with Gasteiger partial charge in [0.2, 0.25) is 0 Å². The lowest BCUT2D eigenvalue weighted by molar-refractivity contribution is 0.0602. The zero-order valence-corrected chi connectivity index (χ0v) is 12.3. The maximum atomic E-state index is 11.9. The molecule has 0 radical (unpaired) electrons. The van der Waals surface area contributed by atoms with Gasteiger partial charge in [0.1, 0.15) is 9.75 Å². The summed E-state index contributed by atoms with van der Waals surface area (Å²) >= 11 is 2.58. The van der Waals surface area contributed by atoms with Crippen LogP contribution in [-0.2, 0) is 9.47 Å². The molecule has 3 aromatic heterocycles. The summed E-state index contributed by atoms with van der Waals surface area (Å²) in [5, 5.41) is 3.47. The molecule has 0 aliphatic carbocycles. The molecule has 3 rings (SSSR count). The molecule has 7 heteroatoms. The number of carbonyl (C=O) groups excluding carboxylic acids is 2. The van der Waals surface area contributed by atoms with Gasteiger partial charge in [-0.15, -0.1) is 22.7 Å². The third-order valence-electron chi connectivity index (χ3n) is 2.90. The number of ether oxygens (including phenoxy) is 2. The number of aromatic nitrogens is 1. The third kappa shape index (κ3) is 1.78. The minimum Gasteiger partial charge on any atom is -0.465 e. The maximum absolute atomic E-state index is 11.9. The van der Waals surface area contributed by atoms with Crippen LogP contribution in [0.2, 0.25) is 0 Å². The summed E-state index contributed by atoms with van der Waals surface area (Å²) in [4.78, 5) is 28.7. The molecule has 3 aromatic rings. The number of rotatable bonds is 2. The Labute approximate surface area is 121 Å². The number of nitrogens with zero attached hydrogens (tertiary/aromatic N) is 1. The van der Waals surface area contributed by atoms with E-state index in [1.807, 2.05) is 11.4 Å². The van der Waals surface area contributed by atoms with Gasteiger partial charge in [0.05, 0.1) is 24.4 Å². The fourth-order valence-electron chi connectivity index (χ4n) is 2.01. The van der Waals surface area contributed by atoms with Crippen molar-refractivity contribution < 1.29 is 19.1 Å². The summed E-state index contributed by atoms with van der Waals surface area (Å²) in [6.07, 6.45) is 1.70. The highest BCUT2D eigenvalue weighted by atomic mass is 32.1. The summed E-state index contributed by atoms with van der Waals surface area (Å²) < 4.78 is 10.5. The first kappa shape index (κ1) is 13.0. The predicted molar refractivity (Wildman–Crippen MR) is 77.7 cm³/mol. The van der Waals surface area contributed by atoms with Gasteiger partial charge < -0.3 is 9.47 Å². The van der Waals surface area contributed by atoms with Crippen LogP contribution in [0.15, 0.2) is 17.6 Å². The van der Waals surface area contributed by atoms with Crippen LogP contribution < -0.4 is 0 Å². The van der Waals surface area contributed by atoms with Crippen molar-refractivity contribution in [3.63, 3.8) is 0 Å². The second-order valence-electron chi connectivity index (χ2n) is 3.92. The molecule has 0 saturated carbocycles. The largest absolute Gasteiger partial charge is 0.465 e. The molecule has 0 aliphatic rings. The van der Waals surface area contributed by atoms with Gasteiger partial charge in [0.15, 0.2) is 0 Å². The van der Waals surface area contributed by atoms with E-state index in [0.717, 1.165) is 21.4 Å². The highest BCUT2D eigenvalue weighted by Gasteiger charge is 2.25. The molecule has 0 N–H and O–H groups in total. The first-order valence-corrected chi connectivity index (χ1v) is 7.32. The Bertz CT molecular complexity index is 833. The molecule has 0 unspecified atom stereocenters. The van der Waals surface area contributed by atoms with Crippen molar-refractivity contribution in [1.29, 1.82) is 0 Å². The van der Waals surface area contributed by atoms with Crippen LogP contribution in [0.3, 0.4) is 0 Å². The number of fused-ring (bicyclic) bond motifs is 3. The highest BCUT2D eigenvalue weighted by molar-refractivity contribution is 7.19. The van der Waals surface area contributed by atoms with E-state index in [4.69, 9.17) is 9.47 Å². The molecular formula is C13H9NO4S2. The van der Waals surface area contributed by atoms with Crippen molar-refractivity contribution >= 4 is 55.6 Å². The maximum Gasteiger partial charge on any atom is 0.350 e. The van der Waals surface area contributed by atoms with E-state index < -0.39 is 11.9 Å². The van der Waals surface area contributed by atoms with Crippen LogP contribution in [0.1, 0.15) is 19.3 Å². The van der Waals surface area contributed by atoms with Crippen LogP contribution in [-0.4, -0.2) is 31.1 Å². The van der Waals surface area contributed by atoms with Crippen LogP contribution in [0.5, 0.6) is 0 Å². The molecule has 0 atom stereocenters. The standard InChI is InChI=1S/C13H9NO4S2/c1-17-12(15)10-8-6-3-4-19-7(6)5-14-9(8)11(20-10)13(16)18-2/h3-5H,1-2H3. The molecule has 3 heterocycles. The van der Waals surface area contributed by atoms with Crippen LogP contribution in [0, 0.1) is 0 Å². The number of hydrogen-bond donors (Lipinski definition) is 0. The zero-order chi connectivity index (χ0) is 14.3. The monoisotopic (exact) mass is 307 g/mol. The van der Waals surface area contributed by atoms with Crippen molar-refractivity contribution in [2.24, 2.45) is 0 Å². The Kier molecular flexibility index (Phi) is 3.15. The summed E-state index contributed by atoms with van der Waals surface area (Å²) in [5.74, 6) is -0.979. The zero-order valence-electron chi connectivity index (χ0n) is 10.6. The average Bonchev–Trinajstić information content (AvgIpc) is 3.08. The van der Waals surface area contributed by atoms with Gasteiger partial charge in [-0.1, -0.05) is 0 Å². The number of thiophene rings is 2. The average molecular weight is 307 g/mol. The SMILES string of the molecule is COC(=O)c1sc(C(=O)OC)c2c1ncc1sccc12. The fraction of sp³-hybridized carbons (Fsp3) is 0.154. The molecule has 102 valence electrons. The molecule has 0 spiro atoms. The molecule has 20 heavy (non-hydrogen) atoms. The van der Waals surface area contributed by atoms with Crippen LogP contribution >= 0.6 is 22.7 Å². The van der Waals surface area contributed by atoms with Crippen molar-refractivity contribution in [1.82, 2.24) is 4.98 Å². The van der Waals surface area contributed by atoms with Crippen molar-refractivity contribution in [2.75, 3.05) is 14.2 Å². The minimum atomic E-state index is -0.503. The Balaban J connectivity index is 2.44. The first-order chi connectivity index (χ1) is 9.67. The lowest BCUT2D eigenvalue weighted by Gasteiger charge is -1.98. The lowest BCUT2D eigenvalue weighted by atomic mass is 10.1. The van der Waals surface area contributed by atoms with Gasteiger partial charge in [-0.25, -0.2) is 9.59 Å². The number of esters is 2. The van der Waals surface area contributed by atoms with E-state index >= 15 is 0 Å². The van der Waals surface area contributed by atoms with Gasteiger partial charge in [0, 0.05) is 17.0 Å². The van der Waals surface area contributed by atoms with E-state index in [1.165, 1.54) is 25.6 Å². The lowest BCUT2D eigenvalue weighted by Crippen LogP contribution is -1.99. The van der Waals surface area contributed by atoms with Gasteiger partial charge in [-0.3, -0.25) is 4.98 Å². The molecule has 0 bridgehead atoms. The summed E-state index contributed by atoms with van der Waals surface area (Å²) in [7, 11) is 2.61. The van der Waals surface area contributed by atoms with E-state index in [1.54, 1.807) is 6.20 Å². The van der Waals surface area contributed by atoms with Crippen LogP contribution in [0.25, 0.3) is 21.0 Å². The van der Waals surface area contributed by atoms with E-state index in [0.29, 0.717) is 20.7 Å². The Morgan fingerprint density at radius 2 is 1.85 bits per heavy atom. The Hall–Kier alpha value is -1.99. The topological polar surface area (TPSA) is 65.5 Å². The normalized spacial score (nSPS) is 10.9. The molecule has 5 nitrogen and oxygen atoms in total. The summed E-state index contributed by atoms with van der Waals surface area (Å²) in [5.41, 5.74) is 0.480. The summed E-state index contributed by atoms with van der Waals surface area (Å²) in [6.45, 7) is 0. The highest BCUT2D eigenvalue weighted by Crippen LogP contribution is 2.37. The smallest absolute Gasteiger partial charge is 0.350 e. The molecular weight excluding hydrogens is 298 g/mol.